The zero-order valence-electron chi connectivity index (χ0n) is 11.0. The van der Waals surface area contributed by atoms with Crippen LogP contribution in [0.4, 0.5) is 11.4 Å². The molecule has 1 amide bonds. The second kappa shape index (κ2) is 6.81. The number of nitrogens with one attached hydrogen (secondary N) is 1. The predicted molar refractivity (Wildman–Crippen MR) is 89.3 cm³/mol. The summed E-state index contributed by atoms with van der Waals surface area (Å²) < 4.78 is 0.827. The van der Waals surface area contributed by atoms with Gasteiger partial charge in [-0.05, 0) is 36.1 Å². The van der Waals surface area contributed by atoms with Gasteiger partial charge in [-0.2, -0.15) is 0 Å². The number of carbonyl (C=O) groups is 1. The molecule has 0 unspecified atom stereocenters. The first kappa shape index (κ1) is 14.9. The van der Waals surface area contributed by atoms with Crippen LogP contribution in [0.15, 0.2) is 51.8 Å². The Hall–Kier alpha value is -1.46. The van der Waals surface area contributed by atoms with Crippen LogP contribution in [0, 0.1) is 0 Å². The van der Waals surface area contributed by atoms with E-state index in [9.17, 15) is 4.79 Å². The van der Waals surface area contributed by atoms with Crippen molar-refractivity contribution in [1.29, 1.82) is 0 Å². The quantitative estimate of drug-likeness (QED) is 0.634. The van der Waals surface area contributed by atoms with Crippen LogP contribution in [0.25, 0.3) is 0 Å². The Morgan fingerprint density at radius 2 is 2.05 bits per heavy atom. The first-order valence-electron chi connectivity index (χ1n) is 6.20. The molecule has 2 rings (SSSR count). The zero-order chi connectivity index (χ0) is 14.5. The molecule has 0 aliphatic carbocycles. The maximum Gasteiger partial charge on any atom is 0.257 e. The molecular formula is C15H15BrN2OS. The molecule has 0 fully saturated rings. The van der Waals surface area contributed by atoms with E-state index >= 15 is 0 Å². The van der Waals surface area contributed by atoms with Crippen LogP contribution in [0.1, 0.15) is 17.3 Å². The Balaban J connectivity index is 2.26. The summed E-state index contributed by atoms with van der Waals surface area (Å²) in [6, 6.07) is 13.0. The van der Waals surface area contributed by atoms with Crippen molar-refractivity contribution in [3.63, 3.8) is 0 Å². The van der Waals surface area contributed by atoms with Crippen LogP contribution < -0.4 is 11.1 Å². The topological polar surface area (TPSA) is 55.1 Å². The number of nitrogen functional groups attached to an aromatic ring is 1. The van der Waals surface area contributed by atoms with Crippen LogP contribution >= 0.6 is 27.7 Å². The SMILES string of the molecule is CCSc1ccccc1NC(=O)c1cc(Br)ccc1N. The monoisotopic (exact) mass is 350 g/mol. The van der Waals surface area contributed by atoms with Crippen LogP contribution in [-0.4, -0.2) is 11.7 Å². The van der Waals surface area contributed by atoms with Gasteiger partial charge in [0.15, 0.2) is 0 Å². The van der Waals surface area contributed by atoms with Crippen molar-refractivity contribution in [3.8, 4) is 0 Å². The van der Waals surface area contributed by atoms with E-state index in [-0.39, 0.29) is 5.91 Å². The molecule has 0 spiro atoms. The fraction of sp³-hybridized carbons (Fsp3) is 0.133. The van der Waals surface area contributed by atoms with Gasteiger partial charge in [-0.25, -0.2) is 0 Å². The number of thioether (sulfide) groups is 1. The smallest absolute Gasteiger partial charge is 0.257 e. The minimum Gasteiger partial charge on any atom is -0.398 e. The summed E-state index contributed by atoms with van der Waals surface area (Å²) in [6.45, 7) is 2.08. The maximum atomic E-state index is 12.3. The fourth-order valence-corrected chi connectivity index (χ4v) is 2.89. The van der Waals surface area contributed by atoms with E-state index in [0.29, 0.717) is 11.3 Å². The number of para-hydroxylation sites is 1. The second-order valence-corrected chi connectivity index (χ2v) is 6.34. The summed E-state index contributed by atoms with van der Waals surface area (Å²) in [5, 5.41) is 2.92. The first-order chi connectivity index (χ1) is 9.61. The zero-order valence-corrected chi connectivity index (χ0v) is 13.4. The van der Waals surface area contributed by atoms with Gasteiger partial charge in [-0.3, -0.25) is 4.79 Å². The van der Waals surface area contributed by atoms with E-state index in [1.807, 2.05) is 30.3 Å². The molecule has 3 nitrogen and oxygen atoms in total. The summed E-state index contributed by atoms with van der Waals surface area (Å²) in [4.78, 5) is 13.4. The van der Waals surface area contributed by atoms with E-state index < -0.39 is 0 Å². The normalized spacial score (nSPS) is 10.3. The van der Waals surface area contributed by atoms with Gasteiger partial charge in [0, 0.05) is 15.1 Å². The van der Waals surface area contributed by atoms with E-state index in [1.54, 1.807) is 23.9 Å². The minimum atomic E-state index is -0.201. The molecule has 0 aliphatic rings. The van der Waals surface area contributed by atoms with Crippen molar-refractivity contribution in [2.75, 3.05) is 16.8 Å². The van der Waals surface area contributed by atoms with E-state index in [0.717, 1.165) is 20.8 Å². The standard InChI is InChI=1S/C15H15BrN2OS/c1-2-20-14-6-4-3-5-13(14)18-15(19)11-9-10(16)7-8-12(11)17/h3-9H,2,17H2,1H3,(H,18,19). The van der Waals surface area contributed by atoms with E-state index in [2.05, 4.69) is 28.2 Å². The highest BCUT2D eigenvalue weighted by Gasteiger charge is 2.12. The molecule has 104 valence electrons. The van der Waals surface area contributed by atoms with Gasteiger partial charge in [0.1, 0.15) is 0 Å². The van der Waals surface area contributed by atoms with Gasteiger partial charge in [0.05, 0.1) is 11.3 Å². The summed E-state index contributed by atoms with van der Waals surface area (Å²) in [5.41, 5.74) is 7.60. The molecule has 0 saturated heterocycles. The van der Waals surface area contributed by atoms with Crippen molar-refractivity contribution in [2.24, 2.45) is 0 Å². The largest absolute Gasteiger partial charge is 0.398 e. The van der Waals surface area contributed by atoms with Crippen molar-refractivity contribution in [2.45, 2.75) is 11.8 Å². The lowest BCUT2D eigenvalue weighted by atomic mass is 10.1. The van der Waals surface area contributed by atoms with Crippen LogP contribution in [0.2, 0.25) is 0 Å². The number of amides is 1. The highest BCUT2D eigenvalue weighted by molar-refractivity contribution is 9.10. The molecule has 0 saturated carbocycles. The van der Waals surface area contributed by atoms with Crippen molar-refractivity contribution < 1.29 is 4.79 Å². The molecule has 0 radical (unpaired) electrons. The van der Waals surface area contributed by atoms with Gasteiger partial charge < -0.3 is 11.1 Å². The lowest BCUT2D eigenvalue weighted by Gasteiger charge is -2.11. The van der Waals surface area contributed by atoms with Gasteiger partial charge in [-0.1, -0.05) is 35.0 Å². The lowest BCUT2D eigenvalue weighted by molar-refractivity contribution is 0.102. The Labute approximate surface area is 131 Å². The molecule has 0 atom stereocenters. The number of anilines is 2. The summed E-state index contributed by atoms with van der Waals surface area (Å²) in [5.74, 6) is 0.749. The summed E-state index contributed by atoms with van der Waals surface area (Å²) in [6.07, 6.45) is 0. The molecule has 20 heavy (non-hydrogen) atoms. The average molecular weight is 351 g/mol. The Morgan fingerprint density at radius 3 is 2.80 bits per heavy atom. The van der Waals surface area contributed by atoms with E-state index in [1.165, 1.54) is 0 Å². The molecule has 0 heterocycles. The third-order valence-electron chi connectivity index (χ3n) is 2.70. The number of benzene rings is 2. The number of nitrogens with two attached hydrogens (primary N) is 1. The Kier molecular flexibility index (Phi) is 5.09. The number of hydrogen-bond donors (Lipinski definition) is 2. The van der Waals surface area contributed by atoms with Crippen LogP contribution in [0.3, 0.4) is 0 Å². The van der Waals surface area contributed by atoms with E-state index in [4.69, 9.17) is 5.73 Å². The third-order valence-corrected chi connectivity index (χ3v) is 4.14. The number of halogens is 1. The number of hydrogen-bond acceptors (Lipinski definition) is 3. The molecule has 5 heteroatoms. The van der Waals surface area contributed by atoms with Gasteiger partial charge in [-0.15, -0.1) is 11.8 Å². The predicted octanol–water partition coefficient (Wildman–Crippen LogP) is 4.40. The average Bonchev–Trinajstić information content (AvgIpc) is 2.44. The molecular weight excluding hydrogens is 336 g/mol. The summed E-state index contributed by atoms with van der Waals surface area (Å²) >= 11 is 5.04. The molecule has 2 aromatic carbocycles. The Morgan fingerprint density at radius 1 is 1.30 bits per heavy atom. The second-order valence-electron chi connectivity index (χ2n) is 4.11. The van der Waals surface area contributed by atoms with Gasteiger partial charge >= 0.3 is 0 Å². The van der Waals surface area contributed by atoms with Crippen molar-refractivity contribution in [3.05, 3.63) is 52.5 Å². The lowest BCUT2D eigenvalue weighted by Crippen LogP contribution is -2.14. The molecule has 0 aliphatic heterocycles. The molecule has 3 N–H and O–H groups in total. The number of carbonyl (C=O) groups excluding carboxylic acids is 1. The van der Waals surface area contributed by atoms with Gasteiger partial charge in [0.25, 0.3) is 5.91 Å². The molecule has 0 aromatic heterocycles. The Bertz CT molecular complexity index is 631. The first-order valence-corrected chi connectivity index (χ1v) is 7.98. The molecule has 0 bridgehead atoms. The van der Waals surface area contributed by atoms with Gasteiger partial charge in [0.2, 0.25) is 0 Å². The van der Waals surface area contributed by atoms with Crippen molar-refractivity contribution in [1.82, 2.24) is 0 Å². The fourth-order valence-electron chi connectivity index (χ4n) is 1.77. The maximum absolute atomic E-state index is 12.3. The number of rotatable bonds is 4. The highest BCUT2D eigenvalue weighted by Crippen LogP contribution is 2.28. The van der Waals surface area contributed by atoms with Crippen LogP contribution in [-0.2, 0) is 0 Å². The van der Waals surface area contributed by atoms with Crippen molar-refractivity contribution >= 4 is 45.0 Å². The molecule has 2 aromatic rings. The minimum absolute atomic E-state index is 0.201. The van der Waals surface area contributed by atoms with Crippen LogP contribution in [0.5, 0.6) is 0 Å². The summed E-state index contributed by atoms with van der Waals surface area (Å²) in [7, 11) is 0. The highest BCUT2D eigenvalue weighted by atomic mass is 79.9. The third kappa shape index (κ3) is 3.55.